The SMILES string of the molecule is O=Cc1cc(Br)ccc1OC1CCOC2(CCCC2)C1. The molecule has 20 heavy (non-hydrogen) atoms. The molecule has 2 aliphatic rings. The largest absolute Gasteiger partial charge is 0.489 e. The highest BCUT2D eigenvalue weighted by Crippen LogP contribution is 2.41. The highest BCUT2D eigenvalue weighted by molar-refractivity contribution is 9.10. The third-order valence-electron chi connectivity index (χ3n) is 4.35. The van der Waals surface area contributed by atoms with Crippen LogP contribution in [0.15, 0.2) is 22.7 Å². The van der Waals surface area contributed by atoms with Crippen LogP contribution in [0.5, 0.6) is 5.75 Å². The fourth-order valence-corrected chi connectivity index (χ4v) is 3.73. The van der Waals surface area contributed by atoms with E-state index in [1.54, 1.807) is 6.07 Å². The predicted octanol–water partition coefficient (Wildman–Crippen LogP) is 4.13. The van der Waals surface area contributed by atoms with Gasteiger partial charge < -0.3 is 9.47 Å². The van der Waals surface area contributed by atoms with Crippen molar-refractivity contribution in [3.05, 3.63) is 28.2 Å². The summed E-state index contributed by atoms with van der Waals surface area (Å²) in [6, 6.07) is 5.57. The van der Waals surface area contributed by atoms with Gasteiger partial charge in [0, 0.05) is 17.3 Å². The Bertz CT molecular complexity index is 494. The van der Waals surface area contributed by atoms with Gasteiger partial charge in [0.15, 0.2) is 6.29 Å². The molecule has 1 aromatic rings. The standard InChI is InChI=1S/C16H19BrO3/c17-13-3-4-15(12(9-13)11-18)20-14-5-8-19-16(10-14)6-1-2-7-16/h3-4,9,11,14H,1-2,5-8,10H2. The van der Waals surface area contributed by atoms with Crippen LogP contribution in [0, 0.1) is 0 Å². The van der Waals surface area contributed by atoms with Crippen molar-refractivity contribution in [2.75, 3.05) is 6.61 Å². The smallest absolute Gasteiger partial charge is 0.153 e. The first-order valence-electron chi connectivity index (χ1n) is 7.26. The Morgan fingerprint density at radius 1 is 1.35 bits per heavy atom. The molecular formula is C16H19BrO3. The van der Waals surface area contributed by atoms with Gasteiger partial charge in [0.25, 0.3) is 0 Å². The van der Waals surface area contributed by atoms with Gasteiger partial charge in [-0.25, -0.2) is 0 Å². The maximum Gasteiger partial charge on any atom is 0.153 e. The van der Waals surface area contributed by atoms with Crippen LogP contribution in [0.25, 0.3) is 0 Å². The van der Waals surface area contributed by atoms with E-state index >= 15 is 0 Å². The summed E-state index contributed by atoms with van der Waals surface area (Å²) in [5, 5.41) is 0. The minimum absolute atomic E-state index is 0.0413. The summed E-state index contributed by atoms with van der Waals surface area (Å²) in [5.41, 5.74) is 0.644. The van der Waals surface area contributed by atoms with Gasteiger partial charge in [0.05, 0.1) is 17.8 Å². The normalized spacial score (nSPS) is 24.8. The Kier molecular flexibility index (Phi) is 4.13. The molecular weight excluding hydrogens is 320 g/mol. The molecule has 3 rings (SSSR count). The van der Waals surface area contributed by atoms with Crippen LogP contribution in [0.4, 0.5) is 0 Å². The van der Waals surface area contributed by atoms with Crippen molar-refractivity contribution in [1.82, 2.24) is 0 Å². The molecule has 1 aliphatic carbocycles. The van der Waals surface area contributed by atoms with Crippen LogP contribution in [0.3, 0.4) is 0 Å². The topological polar surface area (TPSA) is 35.5 Å². The van der Waals surface area contributed by atoms with E-state index in [4.69, 9.17) is 9.47 Å². The average molecular weight is 339 g/mol. The van der Waals surface area contributed by atoms with E-state index in [2.05, 4.69) is 15.9 Å². The van der Waals surface area contributed by atoms with Gasteiger partial charge in [0.1, 0.15) is 11.9 Å². The summed E-state index contributed by atoms with van der Waals surface area (Å²) < 4.78 is 13.0. The summed E-state index contributed by atoms with van der Waals surface area (Å²) >= 11 is 3.38. The Morgan fingerprint density at radius 2 is 2.15 bits per heavy atom. The van der Waals surface area contributed by atoms with Gasteiger partial charge >= 0.3 is 0 Å². The Morgan fingerprint density at radius 3 is 2.90 bits per heavy atom. The molecule has 1 aromatic carbocycles. The van der Waals surface area contributed by atoms with E-state index in [1.165, 1.54) is 12.8 Å². The molecule has 0 aromatic heterocycles. The monoisotopic (exact) mass is 338 g/mol. The maximum atomic E-state index is 11.1. The van der Waals surface area contributed by atoms with Crippen LogP contribution in [-0.2, 0) is 4.74 Å². The fraction of sp³-hybridized carbons (Fsp3) is 0.562. The first kappa shape index (κ1) is 14.1. The van der Waals surface area contributed by atoms with Crippen molar-refractivity contribution in [1.29, 1.82) is 0 Å². The van der Waals surface area contributed by atoms with E-state index < -0.39 is 0 Å². The quantitative estimate of drug-likeness (QED) is 0.777. The third-order valence-corrected chi connectivity index (χ3v) is 4.85. The molecule has 0 bridgehead atoms. The minimum Gasteiger partial charge on any atom is -0.489 e. The number of ether oxygens (including phenoxy) is 2. The molecule has 2 fully saturated rings. The van der Waals surface area contributed by atoms with Crippen molar-refractivity contribution < 1.29 is 14.3 Å². The van der Waals surface area contributed by atoms with Crippen molar-refractivity contribution in [3.8, 4) is 5.75 Å². The summed E-state index contributed by atoms with van der Waals surface area (Å²) in [5.74, 6) is 0.684. The molecule has 4 heteroatoms. The van der Waals surface area contributed by atoms with Crippen LogP contribution in [0.1, 0.15) is 48.9 Å². The van der Waals surface area contributed by atoms with Gasteiger partial charge in [-0.1, -0.05) is 28.8 Å². The van der Waals surface area contributed by atoms with Crippen LogP contribution in [-0.4, -0.2) is 24.6 Å². The zero-order chi connectivity index (χ0) is 14.0. The second-order valence-electron chi connectivity index (χ2n) is 5.77. The second-order valence-corrected chi connectivity index (χ2v) is 6.69. The number of benzene rings is 1. The molecule has 0 N–H and O–H groups in total. The number of carbonyl (C=O) groups is 1. The minimum atomic E-state index is 0.0413. The van der Waals surface area contributed by atoms with Crippen LogP contribution in [0.2, 0.25) is 0 Å². The number of rotatable bonds is 3. The van der Waals surface area contributed by atoms with Gasteiger partial charge in [-0.3, -0.25) is 4.79 Å². The maximum absolute atomic E-state index is 11.1. The van der Waals surface area contributed by atoms with E-state index in [9.17, 15) is 4.79 Å². The Labute approximate surface area is 127 Å². The Hall–Kier alpha value is -0.870. The molecule has 1 heterocycles. The predicted molar refractivity (Wildman–Crippen MR) is 80.3 cm³/mol. The lowest BCUT2D eigenvalue weighted by Gasteiger charge is -2.38. The molecule has 1 aliphatic heterocycles. The van der Waals surface area contributed by atoms with Gasteiger partial charge in [-0.2, -0.15) is 0 Å². The average Bonchev–Trinajstić information content (AvgIpc) is 2.89. The number of hydrogen-bond donors (Lipinski definition) is 0. The summed E-state index contributed by atoms with van der Waals surface area (Å²) in [4.78, 5) is 11.1. The zero-order valence-corrected chi connectivity index (χ0v) is 13.0. The highest BCUT2D eigenvalue weighted by Gasteiger charge is 2.40. The fourth-order valence-electron chi connectivity index (χ4n) is 3.35. The number of halogens is 1. The molecule has 0 amide bonds. The summed E-state index contributed by atoms with van der Waals surface area (Å²) in [6.45, 7) is 0.762. The molecule has 1 atom stereocenters. The van der Waals surface area contributed by atoms with E-state index in [-0.39, 0.29) is 11.7 Å². The van der Waals surface area contributed by atoms with Gasteiger partial charge in [-0.15, -0.1) is 0 Å². The lowest BCUT2D eigenvalue weighted by molar-refractivity contribution is -0.108. The molecule has 0 radical (unpaired) electrons. The number of aldehydes is 1. The summed E-state index contributed by atoms with van der Waals surface area (Å²) in [6.07, 6.45) is 7.65. The first-order valence-corrected chi connectivity index (χ1v) is 8.05. The molecule has 1 saturated carbocycles. The van der Waals surface area contributed by atoms with Gasteiger partial charge in [0.2, 0.25) is 0 Å². The van der Waals surface area contributed by atoms with Crippen LogP contribution < -0.4 is 4.74 Å². The zero-order valence-electron chi connectivity index (χ0n) is 11.4. The van der Waals surface area contributed by atoms with E-state index in [0.717, 1.165) is 43.0 Å². The van der Waals surface area contributed by atoms with Crippen molar-refractivity contribution in [2.45, 2.75) is 50.2 Å². The van der Waals surface area contributed by atoms with Crippen molar-refractivity contribution in [3.63, 3.8) is 0 Å². The van der Waals surface area contributed by atoms with Gasteiger partial charge in [-0.05, 0) is 31.0 Å². The molecule has 108 valence electrons. The van der Waals surface area contributed by atoms with Crippen molar-refractivity contribution >= 4 is 22.2 Å². The highest BCUT2D eigenvalue weighted by atomic mass is 79.9. The number of hydrogen-bond acceptors (Lipinski definition) is 3. The summed E-state index contributed by atoms with van der Waals surface area (Å²) in [7, 11) is 0. The van der Waals surface area contributed by atoms with E-state index in [0.29, 0.717) is 11.3 Å². The molecule has 3 nitrogen and oxygen atoms in total. The Balaban J connectivity index is 1.72. The molecule has 1 saturated heterocycles. The first-order chi connectivity index (χ1) is 9.71. The van der Waals surface area contributed by atoms with Crippen LogP contribution >= 0.6 is 15.9 Å². The lowest BCUT2D eigenvalue weighted by atomic mass is 9.90. The van der Waals surface area contributed by atoms with E-state index in [1.807, 2.05) is 12.1 Å². The number of carbonyl (C=O) groups excluding carboxylic acids is 1. The second kappa shape index (κ2) is 5.86. The van der Waals surface area contributed by atoms with Crippen molar-refractivity contribution in [2.24, 2.45) is 0 Å². The third kappa shape index (κ3) is 2.91. The molecule has 1 spiro atoms. The lowest BCUT2D eigenvalue weighted by Crippen LogP contribution is -2.41. The molecule has 1 unspecified atom stereocenters.